The third-order valence-corrected chi connectivity index (χ3v) is 3.03. The second-order valence-corrected chi connectivity index (χ2v) is 4.29. The summed E-state index contributed by atoms with van der Waals surface area (Å²) in [6, 6.07) is 8.61. The number of hydrogen-bond acceptors (Lipinski definition) is 2. The predicted molar refractivity (Wildman–Crippen MR) is 60.1 cm³/mol. The first-order valence-electron chi connectivity index (χ1n) is 4.76. The minimum Gasteiger partial charge on any atom is -0.324 e. The van der Waals surface area contributed by atoms with Gasteiger partial charge in [-0.25, -0.2) is 0 Å². The van der Waals surface area contributed by atoms with Gasteiger partial charge in [-0.2, -0.15) is 0 Å². The first-order chi connectivity index (χ1) is 6.29. The number of rotatable bonds is 4. The lowest BCUT2D eigenvalue weighted by Gasteiger charge is -2.13. The van der Waals surface area contributed by atoms with Gasteiger partial charge in [-0.15, -0.1) is 11.8 Å². The molecule has 0 amide bonds. The maximum atomic E-state index is 6.01. The molecule has 1 nitrogen and oxygen atoms in total. The Morgan fingerprint density at radius 3 is 2.62 bits per heavy atom. The van der Waals surface area contributed by atoms with Crippen molar-refractivity contribution in [1.29, 1.82) is 0 Å². The maximum Gasteiger partial charge on any atom is 0.0303 e. The van der Waals surface area contributed by atoms with E-state index in [-0.39, 0.29) is 6.04 Å². The van der Waals surface area contributed by atoms with E-state index in [4.69, 9.17) is 5.73 Å². The zero-order valence-corrected chi connectivity index (χ0v) is 9.10. The van der Waals surface area contributed by atoms with E-state index in [1.165, 1.54) is 10.5 Å². The Morgan fingerprint density at radius 2 is 2.00 bits per heavy atom. The van der Waals surface area contributed by atoms with E-state index < -0.39 is 0 Å². The zero-order chi connectivity index (χ0) is 9.68. The standard InChI is InChI=1S/C11H17NS/c1-3-10(12)9-7-5-6-8-11(9)13-4-2/h5-8,10H,3-4,12H2,1-2H3/t10-/m0/s1. The molecule has 1 rings (SSSR count). The number of hydrogen-bond donors (Lipinski definition) is 1. The average Bonchev–Trinajstić information content (AvgIpc) is 2.18. The second-order valence-electron chi connectivity index (χ2n) is 2.99. The van der Waals surface area contributed by atoms with Crippen molar-refractivity contribution in [1.82, 2.24) is 0 Å². The van der Waals surface area contributed by atoms with Crippen LogP contribution < -0.4 is 5.73 Å². The predicted octanol–water partition coefficient (Wildman–Crippen LogP) is 3.21. The zero-order valence-electron chi connectivity index (χ0n) is 8.29. The fourth-order valence-corrected chi connectivity index (χ4v) is 2.17. The second kappa shape index (κ2) is 5.30. The van der Waals surface area contributed by atoms with E-state index in [9.17, 15) is 0 Å². The van der Waals surface area contributed by atoms with E-state index in [1.807, 2.05) is 11.8 Å². The Bertz CT molecular complexity index is 260. The normalized spacial score (nSPS) is 12.8. The molecule has 0 unspecified atom stereocenters. The van der Waals surface area contributed by atoms with Crippen molar-refractivity contribution in [3.05, 3.63) is 29.8 Å². The molecule has 0 fully saturated rings. The number of benzene rings is 1. The highest BCUT2D eigenvalue weighted by Crippen LogP contribution is 2.27. The van der Waals surface area contributed by atoms with Gasteiger partial charge in [0.15, 0.2) is 0 Å². The van der Waals surface area contributed by atoms with Crippen molar-refractivity contribution in [3.8, 4) is 0 Å². The third kappa shape index (κ3) is 2.75. The summed E-state index contributed by atoms with van der Waals surface area (Å²) in [5, 5.41) is 0. The SMILES string of the molecule is CCSc1ccccc1[C@@H](N)CC. The molecule has 13 heavy (non-hydrogen) atoms. The molecule has 1 aromatic carbocycles. The maximum absolute atomic E-state index is 6.01. The van der Waals surface area contributed by atoms with Crippen LogP contribution in [0.25, 0.3) is 0 Å². The summed E-state index contributed by atoms with van der Waals surface area (Å²) in [4.78, 5) is 1.33. The van der Waals surface area contributed by atoms with Crippen LogP contribution in [-0.2, 0) is 0 Å². The van der Waals surface area contributed by atoms with Gasteiger partial charge in [0.05, 0.1) is 0 Å². The fraction of sp³-hybridized carbons (Fsp3) is 0.455. The molecule has 2 N–H and O–H groups in total. The minimum atomic E-state index is 0.190. The van der Waals surface area contributed by atoms with Crippen LogP contribution >= 0.6 is 11.8 Å². The van der Waals surface area contributed by atoms with Gasteiger partial charge < -0.3 is 5.73 Å². The molecular weight excluding hydrogens is 178 g/mol. The van der Waals surface area contributed by atoms with E-state index in [2.05, 4.69) is 38.1 Å². The van der Waals surface area contributed by atoms with Crippen LogP contribution in [0.3, 0.4) is 0 Å². The van der Waals surface area contributed by atoms with Gasteiger partial charge in [-0.05, 0) is 23.8 Å². The smallest absolute Gasteiger partial charge is 0.0303 e. The minimum absolute atomic E-state index is 0.190. The molecule has 2 heteroatoms. The van der Waals surface area contributed by atoms with Crippen molar-refractivity contribution in [2.45, 2.75) is 31.2 Å². The average molecular weight is 195 g/mol. The summed E-state index contributed by atoms with van der Waals surface area (Å²) in [5.41, 5.74) is 7.30. The third-order valence-electron chi connectivity index (χ3n) is 2.06. The van der Waals surface area contributed by atoms with Crippen molar-refractivity contribution < 1.29 is 0 Å². The summed E-state index contributed by atoms with van der Waals surface area (Å²) < 4.78 is 0. The molecule has 0 saturated carbocycles. The van der Waals surface area contributed by atoms with Gasteiger partial charge in [0.25, 0.3) is 0 Å². The van der Waals surface area contributed by atoms with Crippen LogP contribution in [0, 0.1) is 0 Å². The van der Waals surface area contributed by atoms with Crippen LogP contribution in [0.15, 0.2) is 29.2 Å². The molecule has 0 saturated heterocycles. The van der Waals surface area contributed by atoms with E-state index in [1.54, 1.807) is 0 Å². The Morgan fingerprint density at radius 1 is 1.31 bits per heavy atom. The molecule has 0 aliphatic heterocycles. The lowest BCUT2D eigenvalue weighted by molar-refractivity contribution is 0.686. The topological polar surface area (TPSA) is 26.0 Å². The van der Waals surface area contributed by atoms with Crippen LogP contribution in [0.4, 0.5) is 0 Å². The Balaban J connectivity index is 2.90. The molecule has 72 valence electrons. The summed E-state index contributed by atoms with van der Waals surface area (Å²) in [6.45, 7) is 4.29. The van der Waals surface area contributed by atoms with Crippen LogP contribution in [0.1, 0.15) is 31.9 Å². The molecular formula is C11H17NS. The van der Waals surface area contributed by atoms with E-state index in [0.717, 1.165) is 12.2 Å². The van der Waals surface area contributed by atoms with Crippen molar-refractivity contribution >= 4 is 11.8 Å². The molecule has 0 bridgehead atoms. The lowest BCUT2D eigenvalue weighted by atomic mass is 10.1. The van der Waals surface area contributed by atoms with Gasteiger partial charge in [0, 0.05) is 10.9 Å². The van der Waals surface area contributed by atoms with E-state index >= 15 is 0 Å². The quantitative estimate of drug-likeness (QED) is 0.747. The van der Waals surface area contributed by atoms with Crippen LogP contribution in [-0.4, -0.2) is 5.75 Å². The summed E-state index contributed by atoms with van der Waals surface area (Å²) in [6.07, 6.45) is 1.00. The van der Waals surface area contributed by atoms with Crippen molar-refractivity contribution in [2.75, 3.05) is 5.75 Å². The summed E-state index contributed by atoms with van der Waals surface area (Å²) >= 11 is 1.87. The molecule has 1 aromatic rings. The Kier molecular flexibility index (Phi) is 4.33. The van der Waals surface area contributed by atoms with Gasteiger partial charge in [-0.1, -0.05) is 32.0 Å². The van der Waals surface area contributed by atoms with Gasteiger partial charge in [0.2, 0.25) is 0 Å². The first-order valence-corrected chi connectivity index (χ1v) is 5.75. The lowest BCUT2D eigenvalue weighted by Crippen LogP contribution is -2.09. The Labute approximate surface area is 84.7 Å². The van der Waals surface area contributed by atoms with Crippen molar-refractivity contribution in [3.63, 3.8) is 0 Å². The summed E-state index contributed by atoms with van der Waals surface area (Å²) in [5.74, 6) is 1.10. The monoisotopic (exact) mass is 195 g/mol. The molecule has 0 aliphatic rings. The summed E-state index contributed by atoms with van der Waals surface area (Å²) in [7, 11) is 0. The number of nitrogens with two attached hydrogens (primary N) is 1. The fourth-order valence-electron chi connectivity index (χ4n) is 1.29. The highest BCUT2D eigenvalue weighted by molar-refractivity contribution is 7.99. The molecule has 0 aromatic heterocycles. The van der Waals surface area contributed by atoms with Gasteiger partial charge in [0.1, 0.15) is 0 Å². The molecule has 0 radical (unpaired) electrons. The van der Waals surface area contributed by atoms with Crippen LogP contribution in [0.5, 0.6) is 0 Å². The molecule has 0 aliphatic carbocycles. The Hall–Kier alpha value is -0.470. The van der Waals surface area contributed by atoms with Gasteiger partial charge >= 0.3 is 0 Å². The number of thioether (sulfide) groups is 1. The highest BCUT2D eigenvalue weighted by atomic mass is 32.2. The first kappa shape index (κ1) is 10.6. The molecule has 0 spiro atoms. The van der Waals surface area contributed by atoms with Crippen molar-refractivity contribution in [2.24, 2.45) is 5.73 Å². The van der Waals surface area contributed by atoms with E-state index in [0.29, 0.717) is 0 Å². The van der Waals surface area contributed by atoms with Crippen LogP contribution in [0.2, 0.25) is 0 Å². The highest BCUT2D eigenvalue weighted by Gasteiger charge is 2.07. The molecule has 0 heterocycles. The molecule has 1 atom stereocenters. The van der Waals surface area contributed by atoms with Gasteiger partial charge in [-0.3, -0.25) is 0 Å². The largest absolute Gasteiger partial charge is 0.324 e.